The van der Waals surface area contributed by atoms with Gasteiger partial charge in [-0.3, -0.25) is 14.2 Å². The first-order chi connectivity index (χ1) is 12.6. The van der Waals surface area contributed by atoms with Gasteiger partial charge in [-0.15, -0.1) is 0 Å². The summed E-state index contributed by atoms with van der Waals surface area (Å²) in [6, 6.07) is 6.99. The predicted octanol–water partition coefficient (Wildman–Crippen LogP) is 3.78. The molecule has 0 saturated carbocycles. The van der Waals surface area contributed by atoms with Crippen molar-refractivity contribution in [1.29, 1.82) is 5.26 Å². The molecule has 0 aliphatic rings. The summed E-state index contributed by atoms with van der Waals surface area (Å²) in [5, 5.41) is 13.5. The average molecular weight is 407 g/mol. The molecule has 144 valence electrons. The van der Waals surface area contributed by atoms with E-state index in [9.17, 15) is 14.9 Å². The minimum atomic E-state index is -0.945. The van der Waals surface area contributed by atoms with Crippen molar-refractivity contribution < 1.29 is 4.79 Å². The van der Waals surface area contributed by atoms with Crippen LogP contribution in [0.2, 0.25) is 5.02 Å². The molecule has 0 spiro atoms. The molecule has 2 rings (SSSR count). The monoisotopic (exact) mass is 406 g/mol. The molecule has 0 bridgehead atoms. The molecule has 6 nitrogen and oxygen atoms in total. The highest BCUT2D eigenvalue weighted by Gasteiger charge is 2.30. The Bertz CT molecular complexity index is 965. The maximum atomic E-state index is 12.8. The summed E-state index contributed by atoms with van der Waals surface area (Å²) >= 11 is 7.19. The van der Waals surface area contributed by atoms with E-state index in [0.717, 1.165) is 0 Å². The summed E-state index contributed by atoms with van der Waals surface area (Å²) in [6.45, 7) is 9.23. The zero-order valence-electron chi connectivity index (χ0n) is 16.0. The summed E-state index contributed by atoms with van der Waals surface area (Å²) in [5.74, 6) is -0.269. The van der Waals surface area contributed by atoms with E-state index >= 15 is 0 Å². The van der Waals surface area contributed by atoms with Crippen LogP contribution in [-0.4, -0.2) is 26.8 Å². The Labute approximate surface area is 167 Å². The number of fused-ring (bicyclic) bond motifs is 1. The van der Waals surface area contributed by atoms with Crippen molar-refractivity contribution in [2.24, 2.45) is 5.92 Å². The summed E-state index contributed by atoms with van der Waals surface area (Å²) < 4.78 is 1.57. The smallest absolute Gasteiger partial charge is 0.262 e. The van der Waals surface area contributed by atoms with Gasteiger partial charge < -0.3 is 5.32 Å². The third-order valence-corrected chi connectivity index (χ3v) is 5.65. The fourth-order valence-corrected chi connectivity index (χ4v) is 3.56. The predicted molar refractivity (Wildman–Crippen MR) is 109 cm³/mol. The number of hydrogen-bond donors (Lipinski definition) is 1. The first-order valence-electron chi connectivity index (χ1n) is 8.66. The number of nitrogens with one attached hydrogen (secondary N) is 1. The quantitative estimate of drug-likeness (QED) is 0.582. The van der Waals surface area contributed by atoms with Crippen molar-refractivity contribution in [2.45, 2.75) is 51.4 Å². The molecule has 1 atom stereocenters. The van der Waals surface area contributed by atoms with E-state index in [0.29, 0.717) is 21.1 Å². The Kier molecular flexibility index (Phi) is 6.55. The molecule has 0 saturated heterocycles. The molecule has 1 heterocycles. The number of benzene rings is 1. The third kappa shape index (κ3) is 4.63. The maximum Gasteiger partial charge on any atom is 0.262 e. The molecule has 27 heavy (non-hydrogen) atoms. The standard InChI is InChI=1S/C19H23ClN4O2S/c1-11(2)19(5,10-21)23-16(25)9-27-18-22-15-8-13(20)6-7-14(15)17(26)24(18)12(3)4/h6-8,11-12H,9H2,1-5H3,(H,23,25)/t19-/m0/s1. The normalized spacial score (nSPS) is 13.6. The SMILES string of the molecule is CC(C)n1c(SCC(=O)N[C@@](C)(C#N)C(C)C)nc2cc(Cl)ccc2c1=O. The highest BCUT2D eigenvalue weighted by atomic mass is 35.5. The Balaban J connectivity index is 2.33. The molecule has 1 aromatic carbocycles. The fraction of sp³-hybridized carbons (Fsp3) is 0.474. The number of carbonyl (C=O) groups is 1. The molecule has 0 aliphatic carbocycles. The lowest BCUT2D eigenvalue weighted by atomic mass is 9.90. The van der Waals surface area contributed by atoms with Crippen LogP contribution in [0.1, 0.15) is 40.7 Å². The highest BCUT2D eigenvalue weighted by molar-refractivity contribution is 7.99. The van der Waals surface area contributed by atoms with E-state index in [1.807, 2.05) is 27.7 Å². The van der Waals surface area contributed by atoms with Gasteiger partial charge in [-0.1, -0.05) is 37.2 Å². The first-order valence-corrected chi connectivity index (χ1v) is 10.0. The Morgan fingerprint density at radius 1 is 1.41 bits per heavy atom. The van der Waals surface area contributed by atoms with Crippen LogP contribution in [0.5, 0.6) is 0 Å². The summed E-state index contributed by atoms with van der Waals surface area (Å²) in [6.07, 6.45) is 0. The van der Waals surface area contributed by atoms with Crippen LogP contribution in [0.4, 0.5) is 0 Å². The van der Waals surface area contributed by atoms with Gasteiger partial charge in [0.1, 0.15) is 5.54 Å². The van der Waals surface area contributed by atoms with E-state index in [1.54, 1.807) is 29.7 Å². The maximum absolute atomic E-state index is 12.8. The van der Waals surface area contributed by atoms with E-state index in [2.05, 4.69) is 16.4 Å². The molecule has 0 radical (unpaired) electrons. The van der Waals surface area contributed by atoms with Gasteiger partial charge in [0, 0.05) is 11.1 Å². The number of nitriles is 1. The van der Waals surface area contributed by atoms with Gasteiger partial charge in [0.15, 0.2) is 5.16 Å². The largest absolute Gasteiger partial charge is 0.337 e. The number of nitrogens with zero attached hydrogens (tertiary/aromatic N) is 3. The van der Waals surface area contributed by atoms with Crippen LogP contribution in [0.3, 0.4) is 0 Å². The molecule has 0 unspecified atom stereocenters. The molecule has 1 amide bonds. The van der Waals surface area contributed by atoms with E-state index in [4.69, 9.17) is 11.6 Å². The van der Waals surface area contributed by atoms with Crippen LogP contribution < -0.4 is 10.9 Å². The van der Waals surface area contributed by atoms with Gasteiger partial charge in [-0.25, -0.2) is 4.98 Å². The van der Waals surface area contributed by atoms with Gasteiger partial charge in [0.25, 0.3) is 5.56 Å². The zero-order valence-corrected chi connectivity index (χ0v) is 17.6. The second-order valence-electron chi connectivity index (χ2n) is 7.13. The van der Waals surface area contributed by atoms with Crippen molar-refractivity contribution in [2.75, 3.05) is 5.75 Å². The molecular formula is C19H23ClN4O2S. The fourth-order valence-electron chi connectivity index (χ4n) is 2.47. The van der Waals surface area contributed by atoms with Crippen molar-refractivity contribution >= 4 is 40.2 Å². The van der Waals surface area contributed by atoms with Crippen LogP contribution in [0, 0.1) is 17.2 Å². The van der Waals surface area contributed by atoms with Gasteiger partial charge in [-0.05, 0) is 44.9 Å². The van der Waals surface area contributed by atoms with Gasteiger partial charge in [-0.2, -0.15) is 5.26 Å². The number of hydrogen-bond acceptors (Lipinski definition) is 5. The average Bonchev–Trinajstić information content (AvgIpc) is 2.58. The lowest BCUT2D eigenvalue weighted by Crippen LogP contribution is -2.49. The van der Waals surface area contributed by atoms with Gasteiger partial charge in [0.05, 0.1) is 22.7 Å². The first kappa shape index (κ1) is 21.3. The van der Waals surface area contributed by atoms with Crippen molar-refractivity contribution in [1.82, 2.24) is 14.9 Å². The Morgan fingerprint density at radius 3 is 2.63 bits per heavy atom. The lowest BCUT2D eigenvalue weighted by Gasteiger charge is -2.27. The number of thioether (sulfide) groups is 1. The van der Waals surface area contributed by atoms with Crippen LogP contribution >= 0.6 is 23.4 Å². The summed E-state index contributed by atoms with van der Waals surface area (Å²) in [5.41, 5.74) is -0.616. The number of aromatic nitrogens is 2. The molecule has 1 aromatic heterocycles. The molecule has 0 aliphatic heterocycles. The third-order valence-electron chi connectivity index (χ3n) is 4.47. The van der Waals surface area contributed by atoms with E-state index < -0.39 is 5.54 Å². The van der Waals surface area contributed by atoms with Crippen molar-refractivity contribution in [3.8, 4) is 6.07 Å². The Hall–Kier alpha value is -2.04. The summed E-state index contributed by atoms with van der Waals surface area (Å²) in [4.78, 5) is 29.7. The number of halogens is 1. The van der Waals surface area contributed by atoms with E-state index in [-0.39, 0.29) is 29.2 Å². The second-order valence-corrected chi connectivity index (χ2v) is 8.51. The summed E-state index contributed by atoms with van der Waals surface area (Å²) in [7, 11) is 0. The lowest BCUT2D eigenvalue weighted by molar-refractivity contribution is -0.120. The molecule has 8 heteroatoms. The second kappa shape index (κ2) is 8.32. The molecular weight excluding hydrogens is 384 g/mol. The Morgan fingerprint density at radius 2 is 2.07 bits per heavy atom. The minimum Gasteiger partial charge on any atom is -0.337 e. The molecule has 1 N–H and O–H groups in total. The highest BCUT2D eigenvalue weighted by Crippen LogP contribution is 2.23. The number of amides is 1. The molecule has 0 fully saturated rings. The van der Waals surface area contributed by atoms with Crippen molar-refractivity contribution in [3.05, 3.63) is 33.6 Å². The topological polar surface area (TPSA) is 87.8 Å². The molecule has 2 aromatic rings. The van der Waals surface area contributed by atoms with E-state index in [1.165, 1.54) is 11.8 Å². The zero-order chi connectivity index (χ0) is 20.4. The minimum absolute atomic E-state index is 0.0359. The van der Waals surface area contributed by atoms with Crippen LogP contribution in [0.25, 0.3) is 10.9 Å². The van der Waals surface area contributed by atoms with Gasteiger partial charge in [0.2, 0.25) is 5.91 Å². The van der Waals surface area contributed by atoms with Gasteiger partial charge >= 0.3 is 0 Å². The van der Waals surface area contributed by atoms with Crippen LogP contribution in [-0.2, 0) is 4.79 Å². The number of rotatable bonds is 6. The van der Waals surface area contributed by atoms with Crippen LogP contribution in [0.15, 0.2) is 28.2 Å². The van der Waals surface area contributed by atoms with Crippen molar-refractivity contribution in [3.63, 3.8) is 0 Å². The number of carbonyl (C=O) groups excluding carboxylic acids is 1.